The Balaban J connectivity index is 1.69. The smallest absolute Gasteiger partial charge is 0.338 e. The molecule has 6 heteroatoms. The van der Waals surface area contributed by atoms with Gasteiger partial charge in [-0.15, -0.1) is 0 Å². The van der Waals surface area contributed by atoms with E-state index in [1.165, 1.54) is 0 Å². The van der Waals surface area contributed by atoms with Gasteiger partial charge in [0.2, 0.25) is 0 Å². The molecule has 0 aliphatic carbocycles. The molecule has 0 amide bonds. The normalized spacial score (nSPS) is 17.8. The highest BCUT2D eigenvalue weighted by Gasteiger charge is 2.37. The van der Waals surface area contributed by atoms with Crippen LogP contribution in [0.25, 0.3) is 0 Å². The van der Waals surface area contributed by atoms with Crippen molar-refractivity contribution in [2.24, 2.45) is 5.41 Å². The maximum Gasteiger partial charge on any atom is 0.338 e. The van der Waals surface area contributed by atoms with Crippen molar-refractivity contribution in [1.82, 2.24) is 0 Å². The number of fused-ring (bicyclic) bond motifs is 1. The largest absolute Gasteiger partial charge is 0.494 e. The molecule has 0 spiro atoms. The molecule has 3 rings (SSSR count). The van der Waals surface area contributed by atoms with Crippen LogP contribution in [0.4, 0.5) is 5.69 Å². The fraction of sp³-hybridized carbons (Fsp3) is 0.440. The monoisotopic (exact) mass is 422 g/mol. The van der Waals surface area contributed by atoms with Crippen molar-refractivity contribution in [2.75, 3.05) is 25.1 Å². The predicted octanol–water partition coefficient (Wildman–Crippen LogP) is 5.10. The molecular formula is C25H30N2O4. The Bertz CT molecular complexity index is 947. The standard InChI is InChI=1S/C25H30N2O4/c1-5-29-19-10-8-18(9-11-19)24(28)31-16-25(3,4)23-14-22(30-6-2)20-13-17(15-26)7-12-21(20)27-23/h7-13,22-23,27H,5-6,14,16H2,1-4H3. The number of carbonyl (C=O) groups excluding carboxylic acids is 1. The van der Waals surface area contributed by atoms with Gasteiger partial charge >= 0.3 is 5.97 Å². The molecule has 1 N–H and O–H groups in total. The van der Waals surface area contributed by atoms with Crippen LogP contribution in [0.15, 0.2) is 42.5 Å². The van der Waals surface area contributed by atoms with Gasteiger partial charge in [0, 0.05) is 29.3 Å². The topological polar surface area (TPSA) is 80.6 Å². The van der Waals surface area contributed by atoms with E-state index in [0.29, 0.717) is 24.3 Å². The summed E-state index contributed by atoms with van der Waals surface area (Å²) < 4.78 is 17.1. The molecule has 1 heterocycles. The van der Waals surface area contributed by atoms with E-state index in [1.54, 1.807) is 30.3 Å². The molecule has 6 nitrogen and oxygen atoms in total. The van der Waals surface area contributed by atoms with E-state index in [4.69, 9.17) is 14.2 Å². The minimum atomic E-state index is -0.354. The number of nitriles is 1. The van der Waals surface area contributed by atoms with Crippen LogP contribution in [-0.4, -0.2) is 31.8 Å². The molecule has 0 bridgehead atoms. The van der Waals surface area contributed by atoms with Crippen LogP contribution < -0.4 is 10.1 Å². The lowest BCUT2D eigenvalue weighted by molar-refractivity contribution is 0.0138. The second-order valence-corrected chi connectivity index (χ2v) is 8.31. The second kappa shape index (κ2) is 9.84. The summed E-state index contributed by atoms with van der Waals surface area (Å²) in [6.07, 6.45) is 0.615. The number of nitrogens with zero attached hydrogens (tertiary/aromatic N) is 1. The third-order valence-electron chi connectivity index (χ3n) is 5.59. The Morgan fingerprint density at radius 2 is 1.90 bits per heavy atom. The van der Waals surface area contributed by atoms with Crippen LogP contribution in [0.3, 0.4) is 0 Å². The van der Waals surface area contributed by atoms with Gasteiger partial charge < -0.3 is 19.5 Å². The molecule has 1 aliphatic heterocycles. The lowest BCUT2D eigenvalue weighted by atomic mass is 9.78. The summed E-state index contributed by atoms with van der Waals surface area (Å²) in [7, 11) is 0. The molecule has 0 saturated heterocycles. The van der Waals surface area contributed by atoms with Gasteiger partial charge in [-0.2, -0.15) is 5.26 Å². The zero-order chi connectivity index (χ0) is 22.4. The zero-order valence-electron chi connectivity index (χ0n) is 18.6. The van der Waals surface area contributed by atoms with Gasteiger partial charge in [0.15, 0.2) is 0 Å². The van der Waals surface area contributed by atoms with E-state index >= 15 is 0 Å². The number of rotatable bonds is 8. The summed E-state index contributed by atoms with van der Waals surface area (Å²) in [5.41, 5.74) is 2.74. The zero-order valence-corrected chi connectivity index (χ0v) is 18.6. The first-order chi connectivity index (χ1) is 14.9. The SMILES string of the molecule is CCOc1ccc(C(=O)OCC(C)(C)C2CC(OCC)c3cc(C#N)ccc3N2)cc1. The summed E-state index contributed by atoms with van der Waals surface area (Å²) >= 11 is 0. The fourth-order valence-corrected chi connectivity index (χ4v) is 3.78. The highest BCUT2D eigenvalue weighted by molar-refractivity contribution is 5.89. The molecule has 2 aromatic rings. The molecule has 0 fully saturated rings. The molecule has 2 aromatic carbocycles. The van der Waals surface area contributed by atoms with Crippen molar-refractivity contribution in [3.63, 3.8) is 0 Å². The van der Waals surface area contributed by atoms with Gasteiger partial charge in [-0.05, 0) is 62.7 Å². The fourth-order valence-electron chi connectivity index (χ4n) is 3.78. The molecule has 31 heavy (non-hydrogen) atoms. The number of esters is 1. The number of hydrogen-bond donors (Lipinski definition) is 1. The van der Waals surface area contributed by atoms with E-state index in [-0.39, 0.29) is 30.1 Å². The van der Waals surface area contributed by atoms with Crippen LogP contribution in [0.1, 0.15) is 61.7 Å². The van der Waals surface area contributed by atoms with E-state index in [1.807, 2.05) is 26.0 Å². The van der Waals surface area contributed by atoms with Crippen LogP contribution >= 0.6 is 0 Å². The number of carbonyl (C=O) groups is 1. The molecule has 2 unspecified atom stereocenters. The molecule has 0 radical (unpaired) electrons. The summed E-state index contributed by atoms with van der Waals surface area (Å²) in [6.45, 7) is 9.47. The quantitative estimate of drug-likeness (QED) is 0.596. The van der Waals surface area contributed by atoms with Gasteiger partial charge in [-0.3, -0.25) is 0 Å². The number of benzene rings is 2. The lowest BCUT2D eigenvalue weighted by Gasteiger charge is -2.41. The number of nitrogens with one attached hydrogen (secondary N) is 1. The predicted molar refractivity (Wildman–Crippen MR) is 119 cm³/mol. The highest BCUT2D eigenvalue weighted by Crippen LogP contribution is 2.41. The van der Waals surface area contributed by atoms with Gasteiger partial charge in [0.05, 0.1) is 36.5 Å². The van der Waals surface area contributed by atoms with Gasteiger partial charge in [-0.1, -0.05) is 13.8 Å². The maximum atomic E-state index is 12.5. The first-order valence-electron chi connectivity index (χ1n) is 10.7. The third-order valence-corrected chi connectivity index (χ3v) is 5.59. The van der Waals surface area contributed by atoms with Crippen molar-refractivity contribution in [1.29, 1.82) is 5.26 Å². The average Bonchev–Trinajstić information content (AvgIpc) is 2.78. The van der Waals surface area contributed by atoms with Crippen LogP contribution in [-0.2, 0) is 9.47 Å². The first kappa shape index (κ1) is 22.6. The Labute approximate surface area is 184 Å². The minimum absolute atomic E-state index is 0.0395. The molecule has 164 valence electrons. The van der Waals surface area contributed by atoms with Crippen molar-refractivity contribution in [3.8, 4) is 11.8 Å². The Morgan fingerprint density at radius 1 is 1.16 bits per heavy atom. The van der Waals surface area contributed by atoms with Crippen molar-refractivity contribution >= 4 is 11.7 Å². The van der Waals surface area contributed by atoms with Crippen LogP contribution in [0, 0.1) is 16.7 Å². The molecule has 0 saturated carbocycles. The Kier molecular flexibility index (Phi) is 7.19. The number of hydrogen-bond acceptors (Lipinski definition) is 6. The summed E-state index contributed by atoms with van der Waals surface area (Å²) in [5, 5.41) is 12.8. The minimum Gasteiger partial charge on any atom is -0.494 e. The van der Waals surface area contributed by atoms with Crippen molar-refractivity contribution in [2.45, 2.75) is 46.3 Å². The first-order valence-corrected chi connectivity index (χ1v) is 10.7. The lowest BCUT2D eigenvalue weighted by Crippen LogP contribution is -2.44. The van der Waals surface area contributed by atoms with E-state index < -0.39 is 0 Å². The van der Waals surface area contributed by atoms with E-state index in [9.17, 15) is 10.1 Å². The van der Waals surface area contributed by atoms with Crippen molar-refractivity contribution in [3.05, 3.63) is 59.2 Å². The van der Waals surface area contributed by atoms with Gasteiger partial charge in [0.1, 0.15) is 5.75 Å². The van der Waals surface area contributed by atoms with E-state index in [2.05, 4.69) is 25.2 Å². The summed E-state index contributed by atoms with van der Waals surface area (Å²) in [4.78, 5) is 12.5. The second-order valence-electron chi connectivity index (χ2n) is 8.31. The van der Waals surface area contributed by atoms with Gasteiger partial charge in [0.25, 0.3) is 0 Å². The van der Waals surface area contributed by atoms with E-state index in [0.717, 1.165) is 23.4 Å². The summed E-state index contributed by atoms with van der Waals surface area (Å²) in [6, 6.07) is 14.8. The Morgan fingerprint density at radius 3 is 2.55 bits per heavy atom. The molecule has 2 atom stereocenters. The summed E-state index contributed by atoms with van der Waals surface area (Å²) in [5.74, 6) is 0.373. The Hall–Kier alpha value is -3.04. The number of ether oxygens (including phenoxy) is 3. The third kappa shape index (κ3) is 5.36. The molecular weight excluding hydrogens is 392 g/mol. The molecule has 0 aromatic heterocycles. The maximum absolute atomic E-state index is 12.5. The van der Waals surface area contributed by atoms with Gasteiger partial charge in [-0.25, -0.2) is 4.79 Å². The van der Waals surface area contributed by atoms with Crippen LogP contribution in [0.5, 0.6) is 5.75 Å². The van der Waals surface area contributed by atoms with Crippen LogP contribution in [0.2, 0.25) is 0 Å². The molecule has 1 aliphatic rings. The average molecular weight is 423 g/mol. The van der Waals surface area contributed by atoms with Crippen molar-refractivity contribution < 1.29 is 19.0 Å². The number of anilines is 1. The highest BCUT2D eigenvalue weighted by atomic mass is 16.5.